The molecule has 0 aromatic heterocycles. The lowest BCUT2D eigenvalue weighted by atomic mass is 10.3. The first-order valence-electron chi connectivity index (χ1n) is 4.91. The highest BCUT2D eigenvalue weighted by atomic mass is 79.9. The number of benzene rings is 1. The molecule has 3 N–H and O–H groups in total. The topological polar surface area (TPSA) is 72.2 Å². The Morgan fingerprint density at radius 3 is 2.56 bits per heavy atom. The summed E-state index contributed by atoms with van der Waals surface area (Å²) >= 11 is 3.24. The Bertz CT molecular complexity index is 524. The molecular formula is C10H13BrN2O2S. The van der Waals surface area contributed by atoms with Gasteiger partial charge in [0.2, 0.25) is 10.0 Å². The van der Waals surface area contributed by atoms with Crippen LogP contribution in [0.15, 0.2) is 27.6 Å². The van der Waals surface area contributed by atoms with Gasteiger partial charge in [0.1, 0.15) is 4.90 Å². The normalized spacial score (nSPS) is 18.4. The molecule has 0 saturated heterocycles. The molecule has 1 fully saturated rings. The third-order valence-electron chi connectivity index (χ3n) is 2.64. The van der Waals surface area contributed by atoms with Gasteiger partial charge in [-0.1, -0.05) is 15.9 Å². The fourth-order valence-electron chi connectivity index (χ4n) is 1.43. The van der Waals surface area contributed by atoms with Gasteiger partial charge in [-0.15, -0.1) is 0 Å². The van der Waals surface area contributed by atoms with Crippen LogP contribution in [0.4, 0.5) is 5.69 Å². The van der Waals surface area contributed by atoms with Crippen LogP contribution in [0.25, 0.3) is 0 Å². The fourth-order valence-corrected chi connectivity index (χ4v) is 3.39. The van der Waals surface area contributed by atoms with Crippen molar-refractivity contribution < 1.29 is 8.42 Å². The van der Waals surface area contributed by atoms with E-state index >= 15 is 0 Å². The van der Waals surface area contributed by atoms with Crippen LogP contribution in [0.5, 0.6) is 0 Å². The maximum absolute atomic E-state index is 12.0. The lowest BCUT2D eigenvalue weighted by molar-refractivity contribution is 0.558. The molecule has 0 unspecified atom stereocenters. The van der Waals surface area contributed by atoms with Crippen LogP contribution < -0.4 is 10.5 Å². The van der Waals surface area contributed by atoms with E-state index in [1.54, 1.807) is 12.1 Å². The van der Waals surface area contributed by atoms with Crippen molar-refractivity contribution in [2.24, 2.45) is 0 Å². The lowest BCUT2D eigenvalue weighted by Crippen LogP contribution is -2.34. The molecule has 1 aromatic carbocycles. The first-order chi connectivity index (χ1) is 7.32. The molecule has 6 heteroatoms. The van der Waals surface area contributed by atoms with Crippen LogP contribution in [-0.4, -0.2) is 14.0 Å². The van der Waals surface area contributed by atoms with Gasteiger partial charge < -0.3 is 5.73 Å². The van der Waals surface area contributed by atoms with Crippen LogP contribution >= 0.6 is 15.9 Å². The number of nitrogens with two attached hydrogens (primary N) is 1. The number of sulfonamides is 1. The first kappa shape index (κ1) is 11.9. The van der Waals surface area contributed by atoms with Gasteiger partial charge in [-0.2, -0.15) is 0 Å². The Balaban J connectivity index is 2.35. The van der Waals surface area contributed by atoms with Crippen molar-refractivity contribution in [3.63, 3.8) is 0 Å². The summed E-state index contributed by atoms with van der Waals surface area (Å²) in [6.07, 6.45) is 1.76. The second-order valence-electron chi connectivity index (χ2n) is 4.35. The maximum atomic E-state index is 12.0. The summed E-state index contributed by atoms with van der Waals surface area (Å²) in [6.45, 7) is 1.89. The summed E-state index contributed by atoms with van der Waals surface area (Å²) in [5.74, 6) is 0. The Labute approximate surface area is 103 Å². The molecule has 0 spiro atoms. The highest BCUT2D eigenvalue weighted by molar-refractivity contribution is 9.10. The Morgan fingerprint density at radius 2 is 2.06 bits per heavy atom. The highest BCUT2D eigenvalue weighted by Gasteiger charge is 2.41. The molecule has 1 aliphatic rings. The van der Waals surface area contributed by atoms with Crippen LogP contribution in [0.3, 0.4) is 0 Å². The van der Waals surface area contributed by atoms with Gasteiger partial charge in [-0.25, -0.2) is 13.1 Å². The molecule has 0 atom stereocenters. The maximum Gasteiger partial charge on any atom is 0.243 e. The monoisotopic (exact) mass is 304 g/mol. The predicted molar refractivity (Wildman–Crippen MR) is 66.5 cm³/mol. The number of rotatable bonds is 3. The Hall–Kier alpha value is -0.590. The van der Waals surface area contributed by atoms with E-state index in [-0.39, 0.29) is 16.1 Å². The number of nitrogen functional groups attached to an aromatic ring is 1. The number of halogens is 1. The molecule has 0 bridgehead atoms. The molecule has 0 amide bonds. The van der Waals surface area contributed by atoms with Crippen molar-refractivity contribution in [3.8, 4) is 0 Å². The van der Waals surface area contributed by atoms with Gasteiger partial charge in [0, 0.05) is 10.0 Å². The van der Waals surface area contributed by atoms with E-state index in [1.807, 2.05) is 6.92 Å². The zero-order valence-corrected chi connectivity index (χ0v) is 11.2. The number of anilines is 1. The molecule has 16 heavy (non-hydrogen) atoms. The molecule has 1 aromatic rings. The smallest absolute Gasteiger partial charge is 0.243 e. The van der Waals surface area contributed by atoms with Crippen molar-refractivity contribution in [3.05, 3.63) is 22.7 Å². The highest BCUT2D eigenvalue weighted by Crippen LogP contribution is 2.36. The average Bonchev–Trinajstić information content (AvgIpc) is 2.80. The number of nitrogens with one attached hydrogen (secondary N) is 1. The molecule has 2 rings (SSSR count). The predicted octanol–water partition coefficient (Wildman–Crippen LogP) is 1.86. The van der Waals surface area contributed by atoms with Gasteiger partial charge in [-0.3, -0.25) is 0 Å². The molecule has 0 heterocycles. The molecule has 1 saturated carbocycles. The minimum atomic E-state index is -3.50. The Kier molecular flexibility index (Phi) is 2.76. The zero-order valence-electron chi connectivity index (χ0n) is 8.83. The van der Waals surface area contributed by atoms with E-state index in [1.165, 1.54) is 6.07 Å². The van der Waals surface area contributed by atoms with Gasteiger partial charge in [0.25, 0.3) is 0 Å². The van der Waals surface area contributed by atoms with E-state index < -0.39 is 10.0 Å². The lowest BCUT2D eigenvalue weighted by Gasteiger charge is -2.13. The van der Waals surface area contributed by atoms with Crippen molar-refractivity contribution in [2.75, 3.05) is 5.73 Å². The number of hydrogen-bond acceptors (Lipinski definition) is 3. The van der Waals surface area contributed by atoms with E-state index in [0.29, 0.717) is 0 Å². The summed E-state index contributed by atoms with van der Waals surface area (Å²) in [5, 5.41) is 0. The largest absolute Gasteiger partial charge is 0.398 e. The zero-order chi connectivity index (χ0) is 12.0. The second-order valence-corrected chi connectivity index (χ2v) is 6.91. The average molecular weight is 305 g/mol. The van der Waals surface area contributed by atoms with E-state index in [2.05, 4.69) is 20.7 Å². The molecule has 1 aliphatic carbocycles. The molecule has 88 valence electrons. The van der Waals surface area contributed by atoms with Gasteiger partial charge in [-0.05, 0) is 38.0 Å². The fraction of sp³-hybridized carbons (Fsp3) is 0.400. The summed E-state index contributed by atoms with van der Waals surface area (Å²) < 4.78 is 27.5. The van der Waals surface area contributed by atoms with Crippen LogP contribution in [-0.2, 0) is 10.0 Å². The van der Waals surface area contributed by atoms with Crippen LogP contribution in [0.1, 0.15) is 19.8 Å². The first-order valence-corrected chi connectivity index (χ1v) is 7.19. The van der Waals surface area contributed by atoms with Gasteiger partial charge in [0.15, 0.2) is 0 Å². The molecule has 4 nitrogen and oxygen atoms in total. The van der Waals surface area contributed by atoms with E-state index in [0.717, 1.165) is 17.3 Å². The summed E-state index contributed by atoms with van der Waals surface area (Å²) in [6, 6.07) is 4.76. The van der Waals surface area contributed by atoms with Crippen LogP contribution in [0, 0.1) is 0 Å². The summed E-state index contributed by atoms with van der Waals surface area (Å²) in [4.78, 5) is 0.142. The molecule has 0 radical (unpaired) electrons. The third kappa shape index (κ3) is 2.39. The van der Waals surface area contributed by atoms with E-state index in [9.17, 15) is 8.42 Å². The minimum Gasteiger partial charge on any atom is -0.398 e. The summed E-state index contributed by atoms with van der Waals surface area (Å²) in [5.41, 5.74) is 5.67. The minimum absolute atomic E-state index is 0.142. The van der Waals surface area contributed by atoms with Crippen LogP contribution in [0.2, 0.25) is 0 Å². The quantitative estimate of drug-likeness (QED) is 0.837. The van der Waals surface area contributed by atoms with Crippen molar-refractivity contribution in [2.45, 2.75) is 30.2 Å². The van der Waals surface area contributed by atoms with Gasteiger partial charge in [0.05, 0.1) is 5.69 Å². The van der Waals surface area contributed by atoms with Crippen molar-refractivity contribution >= 4 is 31.6 Å². The van der Waals surface area contributed by atoms with Gasteiger partial charge >= 0.3 is 0 Å². The third-order valence-corrected chi connectivity index (χ3v) is 4.85. The Morgan fingerprint density at radius 1 is 1.44 bits per heavy atom. The second kappa shape index (κ2) is 3.72. The molecule has 0 aliphatic heterocycles. The molecular weight excluding hydrogens is 292 g/mol. The summed E-state index contributed by atoms with van der Waals surface area (Å²) in [7, 11) is -3.50. The standard InChI is InChI=1S/C10H13BrN2O2S/c1-10(4-5-10)13-16(14,15)9-3-2-7(11)6-8(9)12/h2-3,6,13H,4-5,12H2,1H3. The van der Waals surface area contributed by atoms with E-state index in [4.69, 9.17) is 5.73 Å². The SMILES string of the molecule is CC1(NS(=O)(=O)c2ccc(Br)cc2N)CC1. The number of hydrogen-bond donors (Lipinski definition) is 2. The van der Waals surface area contributed by atoms with Crippen molar-refractivity contribution in [1.82, 2.24) is 4.72 Å². The van der Waals surface area contributed by atoms with Crippen molar-refractivity contribution in [1.29, 1.82) is 0 Å².